The van der Waals surface area contributed by atoms with Crippen LogP contribution in [-0.2, 0) is 6.42 Å². The molecule has 3 aromatic carbocycles. The molecule has 1 aliphatic heterocycles. The number of benzene rings is 3. The normalized spacial score (nSPS) is 18.6. The van der Waals surface area contributed by atoms with Crippen molar-refractivity contribution < 1.29 is 4.39 Å². The van der Waals surface area contributed by atoms with Gasteiger partial charge in [0.1, 0.15) is 5.82 Å². The van der Waals surface area contributed by atoms with Gasteiger partial charge in [0, 0.05) is 0 Å². The average Bonchev–Trinajstić information content (AvgIpc) is 3.12. The number of anilines is 1. The maximum Gasteiger partial charge on any atom is 0.204 e. The number of hydrogen-bond donors (Lipinski definition) is 1. The lowest BCUT2D eigenvalue weighted by Crippen LogP contribution is -2.27. The van der Waals surface area contributed by atoms with Crippen LogP contribution in [-0.4, -0.2) is 9.55 Å². The van der Waals surface area contributed by atoms with Gasteiger partial charge in [0.05, 0.1) is 23.1 Å². The van der Waals surface area contributed by atoms with Crippen molar-refractivity contribution >= 4 is 17.0 Å². The highest BCUT2D eigenvalue weighted by molar-refractivity contribution is 5.79. The van der Waals surface area contributed by atoms with Gasteiger partial charge in [-0.25, -0.2) is 9.37 Å². The van der Waals surface area contributed by atoms with Gasteiger partial charge in [-0.1, -0.05) is 55.5 Å². The largest absolute Gasteiger partial charge is 0.349 e. The summed E-state index contributed by atoms with van der Waals surface area (Å²) in [6, 6.07) is 24.2. The number of halogens is 1. The molecule has 5 rings (SSSR count). The molecule has 0 aliphatic carbocycles. The van der Waals surface area contributed by atoms with E-state index in [4.69, 9.17) is 4.98 Å². The van der Waals surface area contributed by atoms with Crippen molar-refractivity contribution in [2.45, 2.75) is 31.8 Å². The van der Waals surface area contributed by atoms with Crippen LogP contribution < -0.4 is 5.32 Å². The van der Waals surface area contributed by atoms with Gasteiger partial charge in [-0.05, 0) is 53.8 Å². The zero-order valence-electron chi connectivity index (χ0n) is 15.8. The molecule has 28 heavy (non-hydrogen) atoms. The van der Waals surface area contributed by atoms with E-state index in [1.807, 2.05) is 24.3 Å². The predicted octanol–water partition coefficient (Wildman–Crippen LogP) is 5.88. The van der Waals surface area contributed by atoms with Gasteiger partial charge in [-0.3, -0.25) is 0 Å². The molecule has 4 aromatic rings. The monoisotopic (exact) mass is 371 g/mol. The van der Waals surface area contributed by atoms with Crippen molar-refractivity contribution in [3.8, 4) is 0 Å². The van der Waals surface area contributed by atoms with Gasteiger partial charge < -0.3 is 9.88 Å². The molecule has 0 bridgehead atoms. The van der Waals surface area contributed by atoms with Crippen molar-refractivity contribution in [2.75, 3.05) is 5.32 Å². The summed E-state index contributed by atoms with van der Waals surface area (Å²) < 4.78 is 15.7. The van der Waals surface area contributed by atoms with E-state index >= 15 is 0 Å². The lowest BCUT2D eigenvalue weighted by atomic mass is 9.92. The van der Waals surface area contributed by atoms with E-state index in [0.717, 1.165) is 35.4 Å². The maximum atomic E-state index is 13.4. The molecule has 1 N–H and O–H groups in total. The zero-order valence-corrected chi connectivity index (χ0v) is 15.8. The molecular weight excluding hydrogens is 349 g/mol. The molecule has 1 aliphatic rings. The van der Waals surface area contributed by atoms with E-state index in [1.54, 1.807) is 0 Å². The Morgan fingerprint density at radius 3 is 2.43 bits per heavy atom. The second-order valence-electron chi connectivity index (χ2n) is 7.39. The number of rotatable bonds is 3. The number of imidazole rings is 1. The Balaban J connectivity index is 1.63. The van der Waals surface area contributed by atoms with Gasteiger partial charge in [0.15, 0.2) is 0 Å². The van der Waals surface area contributed by atoms with Crippen LogP contribution in [0.3, 0.4) is 0 Å². The van der Waals surface area contributed by atoms with Crippen molar-refractivity contribution in [1.82, 2.24) is 9.55 Å². The molecule has 4 heteroatoms. The first-order chi connectivity index (χ1) is 13.7. The van der Waals surface area contributed by atoms with Gasteiger partial charge in [-0.15, -0.1) is 0 Å². The quantitative estimate of drug-likeness (QED) is 0.487. The molecule has 1 aromatic heterocycles. The number of aryl methyl sites for hydroxylation is 1. The van der Waals surface area contributed by atoms with Crippen LogP contribution in [0.15, 0.2) is 72.8 Å². The fraction of sp³-hybridized carbons (Fsp3) is 0.208. The van der Waals surface area contributed by atoms with Gasteiger partial charge in [0.2, 0.25) is 5.95 Å². The number of nitrogens with one attached hydrogen (secondary N) is 1. The summed E-state index contributed by atoms with van der Waals surface area (Å²) >= 11 is 0. The number of hydrogen-bond acceptors (Lipinski definition) is 2. The maximum absolute atomic E-state index is 13.4. The summed E-state index contributed by atoms with van der Waals surface area (Å²) in [5, 5.41) is 3.57. The molecular formula is C24H22FN3. The van der Waals surface area contributed by atoms with Crippen LogP contribution in [0.2, 0.25) is 0 Å². The van der Waals surface area contributed by atoms with Gasteiger partial charge in [0.25, 0.3) is 0 Å². The van der Waals surface area contributed by atoms with Crippen LogP contribution in [0.5, 0.6) is 0 Å². The molecule has 3 nitrogen and oxygen atoms in total. The Morgan fingerprint density at radius 2 is 1.68 bits per heavy atom. The highest BCUT2D eigenvalue weighted by Crippen LogP contribution is 2.41. The van der Waals surface area contributed by atoms with Gasteiger partial charge >= 0.3 is 0 Å². The zero-order chi connectivity index (χ0) is 19.1. The summed E-state index contributed by atoms with van der Waals surface area (Å²) in [4.78, 5) is 4.83. The molecule has 0 unspecified atom stereocenters. The Kier molecular flexibility index (Phi) is 4.12. The Labute approximate surface area is 163 Å². The van der Waals surface area contributed by atoms with Crippen LogP contribution >= 0.6 is 0 Å². The molecule has 0 saturated carbocycles. The minimum absolute atomic E-state index is 0.0840. The minimum atomic E-state index is -0.210. The van der Waals surface area contributed by atoms with Crippen LogP contribution in [0.4, 0.5) is 10.3 Å². The van der Waals surface area contributed by atoms with Crippen LogP contribution in [0, 0.1) is 5.82 Å². The summed E-state index contributed by atoms with van der Waals surface area (Å²) in [6.45, 7) is 2.17. The molecule has 2 heterocycles. The molecule has 0 amide bonds. The lowest BCUT2D eigenvalue weighted by Gasteiger charge is -2.33. The molecule has 0 radical (unpaired) electrons. The third-order valence-corrected chi connectivity index (χ3v) is 5.71. The summed E-state index contributed by atoms with van der Waals surface area (Å²) in [5.74, 6) is 0.657. The van der Waals surface area contributed by atoms with E-state index in [0.29, 0.717) is 0 Å². The number of nitrogens with zero attached hydrogens (tertiary/aromatic N) is 2. The standard InChI is InChI=1S/C24H22FN3/c1-2-16-7-9-18(10-8-16)23-15-21(17-11-13-19(25)14-12-17)27-24-26-20-5-3-4-6-22(20)28(23)24/h3-14,21,23H,2,15H2,1H3,(H,26,27)/t21-,23-/m1/s1. The van der Waals surface area contributed by atoms with Crippen molar-refractivity contribution in [3.05, 3.63) is 95.3 Å². The first-order valence-corrected chi connectivity index (χ1v) is 9.80. The topological polar surface area (TPSA) is 29.9 Å². The molecule has 0 saturated heterocycles. The van der Waals surface area contributed by atoms with Crippen LogP contribution in [0.25, 0.3) is 11.0 Å². The van der Waals surface area contributed by atoms with Crippen LogP contribution in [0.1, 0.15) is 42.1 Å². The number of fused-ring (bicyclic) bond motifs is 3. The Morgan fingerprint density at radius 1 is 0.964 bits per heavy atom. The predicted molar refractivity (Wildman–Crippen MR) is 111 cm³/mol. The van der Waals surface area contributed by atoms with E-state index in [9.17, 15) is 4.39 Å². The second-order valence-corrected chi connectivity index (χ2v) is 7.39. The van der Waals surface area contributed by atoms with Gasteiger partial charge in [-0.2, -0.15) is 0 Å². The van der Waals surface area contributed by atoms with Crippen molar-refractivity contribution in [3.63, 3.8) is 0 Å². The second kappa shape index (κ2) is 6.79. The van der Waals surface area contributed by atoms with Crippen molar-refractivity contribution in [2.24, 2.45) is 0 Å². The van der Waals surface area contributed by atoms with E-state index in [1.165, 1.54) is 23.3 Å². The Hall–Kier alpha value is -3.14. The number of aromatic nitrogens is 2. The van der Waals surface area contributed by atoms with E-state index in [-0.39, 0.29) is 17.9 Å². The minimum Gasteiger partial charge on any atom is -0.349 e. The fourth-order valence-corrected chi connectivity index (χ4v) is 4.18. The van der Waals surface area contributed by atoms with Crippen molar-refractivity contribution in [1.29, 1.82) is 0 Å². The van der Waals surface area contributed by atoms with E-state index in [2.05, 4.69) is 53.2 Å². The first-order valence-electron chi connectivity index (χ1n) is 9.80. The number of para-hydroxylation sites is 2. The summed E-state index contributed by atoms with van der Waals surface area (Å²) in [6.07, 6.45) is 1.91. The Bertz CT molecular complexity index is 1110. The lowest BCUT2D eigenvalue weighted by molar-refractivity contribution is 0.477. The molecule has 0 spiro atoms. The molecule has 2 atom stereocenters. The first kappa shape index (κ1) is 17.0. The van der Waals surface area contributed by atoms with E-state index < -0.39 is 0 Å². The average molecular weight is 371 g/mol. The fourth-order valence-electron chi connectivity index (χ4n) is 4.18. The highest BCUT2D eigenvalue weighted by atomic mass is 19.1. The SMILES string of the molecule is CCc1ccc([C@H]2C[C@H](c3ccc(F)cc3)Nc3nc4ccccc4n32)cc1. The summed E-state index contributed by atoms with van der Waals surface area (Å²) in [5.41, 5.74) is 5.81. The third kappa shape index (κ3) is 2.85. The smallest absolute Gasteiger partial charge is 0.204 e. The molecule has 140 valence electrons. The third-order valence-electron chi connectivity index (χ3n) is 5.71. The molecule has 0 fully saturated rings. The highest BCUT2D eigenvalue weighted by Gasteiger charge is 2.30. The summed E-state index contributed by atoms with van der Waals surface area (Å²) in [7, 11) is 0.